The molecule has 0 aromatic heterocycles. The lowest BCUT2D eigenvalue weighted by atomic mass is 10.0. The predicted molar refractivity (Wildman–Crippen MR) is 94.5 cm³/mol. The second-order valence-electron chi connectivity index (χ2n) is 7.22. The predicted octanol–water partition coefficient (Wildman–Crippen LogP) is 1.20. The molecule has 0 bridgehead atoms. The monoisotopic (exact) mass is 416 g/mol. The molecule has 0 aromatic rings. The molecule has 0 saturated carbocycles. The highest BCUT2D eigenvalue weighted by molar-refractivity contribution is 5.75. The topological polar surface area (TPSA) is 146 Å². The van der Waals surface area contributed by atoms with Crippen molar-refractivity contribution in [2.75, 3.05) is 0 Å². The third kappa shape index (κ3) is 5.66. The fourth-order valence-electron chi connectivity index (χ4n) is 3.18. The van der Waals surface area contributed by atoms with Crippen LogP contribution in [0.1, 0.15) is 77.6 Å². The van der Waals surface area contributed by atoms with Gasteiger partial charge in [0.1, 0.15) is 6.10 Å². The Balaban J connectivity index is 2.56. The first kappa shape index (κ1) is 23.1. The van der Waals surface area contributed by atoms with Gasteiger partial charge in [0.15, 0.2) is 0 Å². The molecule has 1 atom stereocenters. The van der Waals surface area contributed by atoms with Crippen molar-refractivity contribution in [3.63, 3.8) is 0 Å². The zero-order valence-corrected chi connectivity index (χ0v) is 16.5. The zero-order valence-electron chi connectivity index (χ0n) is 16.5. The molecule has 2 N–H and O–H groups in total. The van der Waals surface area contributed by atoms with E-state index in [9.17, 15) is 29.4 Å². The largest absolute Gasteiger partial charge is 0.459 e. The van der Waals surface area contributed by atoms with E-state index in [4.69, 9.17) is 18.9 Å². The summed E-state index contributed by atoms with van der Waals surface area (Å²) in [5.74, 6) is -10.00. The number of unbranched alkanes of at least 4 members (excludes halogenated alkanes) is 1. The standard InChI is InChI=1S/C19H28O10/c1-2-3-8-13(20)18(26-14(21)9-4-5-10-15(22)27-18)19(25)28-16(23)11-6-7-12-17(24)29-19/h13,20,25H,2-12H2,1H3. The Morgan fingerprint density at radius 2 is 1.17 bits per heavy atom. The Kier molecular flexibility index (Phi) is 7.97. The lowest BCUT2D eigenvalue weighted by Gasteiger charge is -2.43. The Morgan fingerprint density at radius 3 is 1.55 bits per heavy atom. The number of aliphatic hydroxyl groups is 2. The van der Waals surface area contributed by atoms with Crippen LogP contribution in [0.25, 0.3) is 0 Å². The first-order chi connectivity index (χ1) is 13.7. The smallest absolute Gasteiger partial charge is 0.410 e. The van der Waals surface area contributed by atoms with Crippen molar-refractivity contribution < 1.29 is 48.3 Å². The van der Waals surface area contributed by atoms with Gasteiger partial charge in [-0.15, -0.1) is 0 Å². The SMILES string of the molecule is CCCCC(O)C1(C2(O)OC(=O)CCCCC(=O)O2)OC(=O)CCCCC(=O)O1. The molecule has 0 radical (unpaired) electrons. The van der Waals surface area contributed by atoms with E-state index in [0.717, 1.165) is 0 Å². The molecule has 0 spiro atoms. The van der Waals surface area contributed by atoms with Crippen LogP contribution in [0.5, 0.6) is 0 Å². The maximum atomic E-state index is 12.3. The van der Waals surface area contributed by atoms with E-state index >= 15 is 0 Å². The minimum atomic E-state index is -3.33. The second-order valence-corrected chi connectivity index (χ2v) is 7.22. The molecule has 1 unspecified atom stereocenters. The van der Waals surface area contributed by atoms with Crippen molar-refractivity contribution in [1.82, 2.24) is 0 Å². The fraction of sp³-hybridized carbons (Fsp3) is 0.789. The minimum absolute atomic E-state index is 0.0888. The molecule has 10 heteroatoms. The molecule has 2 aliphatic rings. The summed E-state index contributed by atoms with van der Waals surface area (Å²) >= 11 is 0. The van der Waals surface area contributed by atoms with Gasteiger partial charge in [-0.1, -0.05) is 19.8 Å². The van der Waals surface area contributed by atoms with Crippen LogP contribution in [-0.4, -0.2) is 52.0 Å². The van der Waals surface area contributed by atoms with Gasteiger partial charge < -0.3 is 29.2 Å². The van der Waals surface area contributed by atoms with E-state index in [0.29, 0.717) is 38.5 Å². The van der Waals surface area contributed by atoms with Crippen LogP contribution in [0.2, 0.25) is 0 Å². The maximum absolute atomic E-state index is 12.3. The summed E-state index contributed by atoms with van der Waals surface area (Å²) in [6, 6.07) is 0. The Labute approximate surface area is 168 Å². The Morgan fingerprint density at radius 1 is 0.793 bits per heavy atom. The van der Waals surface area contributed by atoms with Crippen molar-refractivity contribution in [2.45, 2.75) is 95.4 Å². The van der Waals surface area contributed by atoms with Crippen LogP contribution < -0.4 is 0 Å². The van der Waals surface area contributed by atoms with E-state index in [-0.39, 0.29) is 32.1 Å². The number of carbonyl (C=O) groups excluding carboxylic acids is 4. The maximum Gasteiger partial charge on any atom is 0.459 e. The number of cyclic esters (lactones) is 4. The van der Waals surface area contributed by atoms with E-state index in [1.807, 2.05) is 6.92 Å². The molecular formula is C19H28O10. The molecule has 2 heterocycles. The molecular weight excluding hydrogens is 388 g/mol. The highest BCUT2D eigenvalue weighted by Gasteiger charge is 2.69. The molecule has 2 saturated heterocycles. The molecule has 0 amide bonds. The zero-order chi connectivity index (χ0) is 21.5. The van der Waals surface area contributed by atoms with Gasteiger partial charge in [-0.25, -0.2) is 0 Å². The quantitative estimate of drug-likeness (QED) is 0.627. The minimum Gasteiger partial charge on any atom is -0.410 e. The summed E-state index contributed by atoms with van der Waals surface area (Å²) in [7, 11) is 0. The highest BCUT2D eigenvalue weighted by Crippen LogP contribution is 2.39. The normalized spacial score (nSPS) is 24.1. The average Bonchev–Trinajstić information content (AvgIpc) is 2.76. The fourth-order valence-corrected chi connectivity index (χ4v) is 3.18. The summed E-state index contributed by atoms with van der Waals surface area (Å²) in [6.45, 7) is 1.83. The van der Waals surface area contributed by atoms with Gasteiger partial charge in [-0.3, -0.25) is 19.2 Å². The Bertz CT molecular complexity index is 588. The summed E-state index contributed by atoms with van der Waals surface area (Å²) in [6.07, 6.45) is -0.223. The van der Waals surface area contributed by atoms with Crippen molar-refractivity contribution in [1.29, 1.82) is 0 Å². The van der Waals surface area contributed by atoms with Gasteiger partial charge in [0.2, 0.25) is 0 Å². The summed E-state index contributed by atoms with van der Waals surface area (Å²) in [4.78, 5) is 49.0. The van der Waals surface area contributed by atoms with Gasteiger partial charge in [-0.2, -0.15) is 0 Å². The Hall–Kier alpha value is -2.20. The molecule has 0 aromatic carbocycles. The van der Waals surface area contributed by atoms with Gasteiger partial charge in [0.05, 0.1) is 0 Å². The molecule has 2 fully saturated rings. The number of esters is 4. The van der Waals surface area contributed by atoms with Gasteiger partial charge >= 0.3 is 35.6 Å². The average molecular weight is 416 g/mol. The van der Waals surface area contributed by atoms with Crippen LogP contribution >= 0.6 is 0 Å². The summed E-state index contributed by atoms with van der Waals surface area (Å²) in [5.41, 5.74) is 0. The number of carbonyl (C=O) groups is 4. The van der Waals surface area contributed by atoms with E-state index in [1.54, 1.807) is 0 Å². The van der Waals surface area contributed by atoms with Crippen molar-refractivity contribution >= 4 is 23.9 Å². The highest BCUT2D eigenvalue weighted by atomic mass is 16.9. The number of ether oxygens (including phenoxy) is 4. The summed E-state index contributed by atoms with van der Waals surface area (Å²) < 4.78 is 20.4. The molecule has 29 heavy (non-hydrogen) atoms. The lowest BCUT2D eigenvalue weighted by Crippen LogP contribution is -2.69. The van der Waals surface area contributed by atoms with E-state index in [1.165, 1.54) is 0 Å². The number of rotatable bonds is 5. The van der Waals surface area contributed by atoms with Crippen LogP contribution in [0, 0.1) is 0 Å². The van der Waals surface area contributed by atoms with Crippen LogP contribution in [0.4, 0.5) is 0 Å². The molecule has 0 aliphatic carbocycles. The third-order valence-electron chi connectivity index (χ3n) is 4.77. The van der Waals surface area contributed by atoms with Crippen LogP contribution in [0.15, 0.2) is 0 Å². The first-order valence-electron chi connectivity index (χ1n) is 10.00. The van der Waals surface area contributed by atoms with Gasteiger partial charge in [0.25, 0.3) is 0 Å². The van der Waals surface area contributed by atoms with Crippen molar-refractivity contribution in [3.05, 3.63) is 0 Å². The first-order valence-corrected chi connectivity index (χ1v) is 10.00. The second kappa shape index (κ2) is 10.0. The molecule has 2 aliphatic heterocycles. The summed E-state index contributed by atoms with van der Waals surface area (Å²) in [5, 5.41) is 22.0. The van der Waals surface area contributed by atoms with Crippen LogP contribution in [-0.2, 0) is 38.1 Å². The van der Waals surface area contributed by atoms with Crippen molar-refractivity contribution in [2.24, 2.45) is 0 Å². The molecule has 10 nitrogen and oxygen atoms in total. The lowest BCUT2D eigenvalue weighted by molar-refractivity contribution is -0.458. The molecule has 164 valence electrons. The third-order valence-corrected chi connectivity index (χ3v) is 4.77. The number of aliphatic hydroxyl groups excluding tert-OH is 1. The molecule has 2 rings (SSSR count). The van der Waals surface area contributed by atoms with Crippen molar-refractivity contribution in [3.8, 4) is 0 Å². The number of hydrogen-bond acceptors (Lipinski definition) is 10. The van der Waals surface area contributed by atoms with Gasteiger partial charge in [0, 0.05) is 25.7 Å². The number of hydrogen-bond donors (Lipinski definition) is 2. The van der Waals surface area contributed by atoms with E-state index < -0.39 is 41.7 Å². The van der Waals surface area contributed by atoms with Gasteiger partial charge in [-0.05, 0) is 32.1 Å². The van der Waals surface area contributed by atoms with E-state index in [2.05, 4.69) is 0 Å². The van der Waals surface area contributed by atoms with Crippen LogP contribution in [0.3, 0.4) is 0 Å².